The molecule has 3 nitrogen and oxygen atoms in total. The summed E-state index contributed by atoms with van der Waals surface area (Å²) in [5.74, 6) is -0.679. The first kappa shape index (κ1) is 11.9. The summed E-state index contributed by atoms with van der Waals surface area (Å²) in [4.78, 5) is 13.1. The van der Waals surface area contributed by atoms with E-state index in [1.807, 2.05) is 17.9 Å². The first-order chi connectivity index (χ1) is 8.08. The van der Waals surface area contributed by atoms with Crippen LogP contribution < -0.4 is 10.6 Å². The molecule has 1 aromatic rings. The number of benzene rings is 1. The highest BCUT2D eigenvalue weighted by atomic mass is 19.1. The molecule has 0 bridgehead atoms. The van der Waals surface area contributed by atoms with E-state index in [9.17, 15) is 9.18 Å². The summed E-state index contributed by atoms with van der Waals surface area (Å²) < 4.78 is 13.8. The van der Waals surface area contributed by atoms with E-state index in [0.29, 0.717) is 12.2 Å². The van der Waals surface area contributed by atoms with Gasteiger partial charge in [0.05, 0.1) is 11.6 Å². The number of aryl methyl sites for hydroxylation is 1. The molecule has 0 spiro atoms. The topological polar surface area (TPSA) is 46.3 Å². The molecule has 2 N–H and O–H groups in total. The Morgan fingerprint density at radius 3 is 2.94 bits per heavy atom. The van der Waals surface area contributed by atoms with Gasteiger partial charge in [-0.25, -0.2) is 4.39 Å². The van der Waals surface area contributed by atoms with Gasteiger partial charge in [0.2, 0.25) is 5.91 Å². The summed E-state index contributed by atoms with van der Waals surface area (Å²) in [6.45, 7) is 3.16. The standard InChI is InChI=1S/C13H17FN2O/c1-9-4-5-12(11(14)7-9)16-6-2-3-10(8-16)13(15)17/h4-5,7,10H,2-3,6,8H2,1H3,(H2,15,17). The molecular weight excluding hydrogens is 219 g/mol. The Labute approximate surface area is 100 Å². The Hall–Kier alpha value is -1.58. The third-order valence-corrected chi connectivity index (χ3v) is 3.27. The third-order valence-electron chi connectivity index (χ3n) is 3.27. The van der Waals surface area contributed by atoms with Crippen LogP contribution in [-0.4, -0.2) is 19.0 Å². The lowest BCUT2D eigenvalue weighted by Crippen LogP contribution is -2.41. The van der Waals surface area contributed by atoms with Crippen LogP contribution >= 0.6 is 0 Å². The summed E-state index contributed by atoms with van der Waals surface area (Å²) >= 11 is 0. The molecule has 0 aliphatic carbocycles. The molecule has 1 atom stereocenters. The van der Waals surface area contributed by atoms with Crippen LogP contribution in [0.3, 0.4) is 0 Å². The number of piperidine rings is 1. The van der Waals surface area contributed by atoms with Crippen LogP contribution in [0.4, 0.5) is 10.1 Å². The largest absolute Gasteiger partial charge is 0.369 e. The molecular formula is C13H17FN2O. The summed E-state index contributed by atoms with van der Waals surface area (Å²) in [6, 6.07) is 5.17. The highest BCUT2D eigenvalue weighted by Crippen LogP contribution is 2.26. The van der Waals surface area contributed by atoms with Crippen molar-refractivity contribution < 1.29 is 9.18 Å². The van der Waals surface area contributed by atoms with Gasteiger partial charge >= 0.3 is 0 Å². The Bertz CT molecular complexity index is 433. The highest BCUT2D eigenvalue weighted by molar-refractivity contribution is 5.77. The number of hydrogen-bond acceptors (Lipinski definition) is 2. The molecule has 1 aromatic carbocycles. The Kier molecular flexibility index (Phi) is 3.31. The summed E-state index contributed by atoms with van der Waals surface area (Å²) in [5.41, 5.74) is 6.78. The van der Waals surface area contributed by atoms with E-state index in [1.165, 1.54) is 6.07 Å². The predicted molar refractivity (Wildman–Crippen MR) is 65.3 cm³/mol. The van der Waals surface area contributed by atoms with Gasteiger partial charge in [-0.3, -0.25) is 4.79 Å². The van der Waals surface area contributed by atoms with Crippen LogP contribution in [0.2, 0.25) is 0 Å². The molecule has 0 aromatic heterocycles. The maximum atomic E-state index is 13.8. The van der Waals surface area contributed by atoms with Crippen LogP contribution in [-0.2, 0) is 4.79 Å². The number of carbonyl (C=O) groups is 1. The molecule has 4 heteroatoms. The molecule has 1 saturated heterocycles. The number of halogens is 1. The lowest BCUT2D eigenvalue weighted by atomic mass is 9.97. The minimum atomic E-state index is -0.290. The SMILES string of the molecule is Cc1ccc(N2CCCC(C(N)=O)C2)c(F)c1. The van der Waals surface area contributed by atoms with Gasteiger partial charge in [-0.15, -0.1) is 0 Å². The zero-order valence-corrected chi connectivity index (χ0v) is 9.95. The molecule has 1 amide bonds. The summed E-state index contributed by atoms with van der Waals surface area (Å²) in [5, 5.41) is 0. The van der Waals surface area contributed by atoms with Gasteiger partial charge < -0.3 is 10.6 Å². The maximum absolute atomic E-state index is 13.8. The van der Waals surface area contributed by atoms with Crippen molar-refractivity contribution in [1.29, 1.82) is 0 Å². The van der Waals surface area contributed by atoms with Crippen LogP contribution in [0, 0.1) is 18.7 Å². The van der Waals surface area contributed by atoms with Gasteiger partial charge in [0, 0.05) is 13.1 Å². The van der Waals surface area contributed by atoms with Crippen LogP contribution in [0.15, 0.2) is 18.2 Å². The molecule has 2 rings (SSSR count). The van der Waals surface area contributed by atoms with Crippen LogP contribution in [0.5, 0.6) is 0 Å². The van der Waals surface area contributed by atoms with Crippen LogP contribution in [0.1, 0.15) is 18.4 Å². The van der Waals surface area contributed by atoms with Gasteiger partial charge in [-0.05, 0) is 37.5 Å². The second-order valence-electron chi connectivity index (χ2n) is 4.64. The Morgan fingerprint density at radius 2 is 2.29 bits per heavy atom. The van der Waals surface area contributed by atoms with E-state index in [1.54, 1.807) is 6.07 Å². The fraction of sp³-hybridized carbons (Fsp3) is 0.462. The van der Waals surface area contributed by atoms with E-state index < -0.39 is 0 Å². The third kappa shape index (κ3) is 2.57. The molecule has 1 unspecified atom stereocenters. The van der Waals surface area contributed by atoms with Crippen molar-refractivity contribution in [2.24, 2.45) is 11.7 Å². The molecule has 92 valence electrons. The molecule has 1 heterocycles. The van der Waals surface area contributed by atoms with E-state index in [-0.39, 0.29) is 17.6 Å². The van der Waals surface area contributed by atoms with Gasteiger partial charge in [0.1, 0.15) is 5.82 Å². The zero-order valence-electron chi connectivity index (χ0n) is 9.95. The van der Waals surface area contributed by atoms with Crippen molar-refractivity contribution in [2.75, 3.05) is 18.0 Å². The van der Waals surface area contributed by atoms with Crippen molar-refractivity contribution in [3.05, 3.63) is 29.6 Å². The average Bonchev–Trinajstić information content (AvgIpc) is 2.29. The summed E-state index contributed by atoms with van der Waals surface area (Å²) in [6.07, 6.45) is 1.68. The number of amides is 1. The van der Waals surface area contributed by atoms with Crippen molar-refractivity contribution in [3.8, 4) is 0 Å². The molecule has 0 radical (unpaired) electrons. The number of nitrogens with zero attached hydrogens (tertiary/aromatic N) is 1. The number of carbonyl (C=O) groups excluding carboxylic acids is 1. The number of anilines is 1. The lowest BCUT2D eigenvalue weighted by Gasteiger charge is -2.33. The van der Waals surface area contributed by atoms with E-state index in [0.717, 1.165) is 24.9 Å². The first-order valence-corrected chi connectivity index (χ1v) is 5.88. The average molecular weight is 236 g/mol. The van der Waals surface area contributed by atoms with Gasteiger partial charge in [0.15, 0.2) is 0 Å². The van der Waals surface area contributed by atoms with Crippen molar-refractivity contribution >= 4 is 11.6 Å². The second kappa shape index (κ2) is 4.73. The second-order valence-corrected chi connectivity index (χ2v) is 4.64. The smallest absolute Gasteiger partial charge is 0.222 e. The number of nitrogens with two attached hydrogens (primary N) is 1. The lowest BCUT2D eigenvalue weighted by molar-refractivity contribution is -0.122. The monoisotopic (exact) mass is 236 g/mol. The van der Waals surface area contributed by atoms with Crippen molar-refractivity contribution in [1.82, 2.24) is 0 Å². The Morgan fingerprint density at radius 1 is 1.53 bits per heavy atom. The predicted octanol–water partition coefficient (Wildman–Crippen LogP) is 1.84. The van der Waals surface area contributed by atoms with Crippen LogP contribution in [0.25, 0.3) is 0 Å². The van der Waals surface area contributed by atoms with Gasteiger partial charge in [0.25, 0.3) is 0 Å². The molecule has 1 aliphatic heterocycles. The van der Waals surface area contributed by atoms with Crippen molar-refractivity contribution in [2.45, 2.75) is 19.8 Å². The number of rotatable bonds is 2. The fourth-order valence-corrected chi connectivity index (χ4v) is 2.30. The van der Waals surface area contributed by atoms with Crippen molar-refractivity contribution in [3.63, 3.8) is 0 Å². The Balaban J connectivity index is 2.19. The van der Waals surface area contributed by atoms with E-state index in [2.05, 4.69) is 0 Å². The maximum Gasteiger partial charge on any atom is 0.222 e. The minimum Gasteiger partial charge on any atom is -0.369 e. The van der Waals surface area contributed by atoms with Gasteiger partial charge in [-0.1, -0.05) is 6.07 Å². The van der Waals surface area contributed by atoms with Gasteiger partial charge in [-0.2, -0.15) is 0 Å². The fourth-order valence-electron chi connectivity index (χ4n) is 2.30. The summed E-state index contributed by atoms with van der Waals surface area (Å²) in [7, 11) is 0. The van der Waals surface area contributed by atoms with E-state index in [4.69, 9.17) is 5.73 Å². The van der Waals surface area contributed by atoms with E-state index >= 15 is 0 Å². The minimum absolute atomic E-state index is 0.163. The zero-order chi connectivity index (χ0) is 12.4. The normalized spacial score (nSPS) is 20.4. The number of hydrogen-bond donors (Lipinski definition) is 1. The quantitative estimate of drug-likeness (QED) is 0.851. The first-order valence-electron chi connectivity index (χ1n) is 5.88. The molecule has 0 saturated carbocycles. The molecule has 1 fully saturated rings. The number of primary amides is 1. The highest BCUT2D eigenvalue weighted by Gasteiger charge is 2.25. The molecule has 1 aliphatic rings. The molecule has 17 heavy (non-hydrogen) atoms.